The fraction of sp³-hybridized carbons (Fsp3) is 0.667. The third-order valence-corrected chi connectivity index (χ3v) is 5.53. The monoisotopic (exact) mass is 361 g/mol. The molecule has 1 aliphatic heterocycles. The average molecular weight is 362 g/mol. The topological polar surface area (TPSA) is 44.8 Å². The van der Waals surface area contributed by atoms with E-state index in [0.29, 0.717) is 0 Å². The Labute approximate surface area is 158 Å². The van der Waals surface area contributed by atoms with E-state index in [4.69, 9.17) is 4.74 Å². The van der Waals surface area contributed by atoms with E-state index in [1.807, 2.05) is 38.1 Å². The summed E-state index contributed by atoms with van der Waals surface area (Å²) in [5, 5.41) is 3.15. The van der Waals surface area contributed by atoms with Crippen LogP contribution >= 0.6 is 0 Å². The first kappa shape index (κ1) is 20.7. The molecule has 146 valence electrons. The van der Waals surface area contributed by atoms with E-state index in [1.54, 1.807) is 7.11 Å². The van der Waals surface area contributed by atoms with Crippen molar-refractivity contribution in [3.8, 4) is 5.75 Å². The molecule has 26 heavy (non-hydrogen) atoms. The summed E-state index contributed by atoms with van der Waals surface area (Å²) in [6, 6.07) is 7.69. The van der Waals surface area contributed by atoms with Gasteiger partial charge in [-0.15, -0.1) is 0 Å². The van der Waals surface area contributed by atoms with Crippen molar-refractivity contribution >= 4 is 5.91 Å². The van der Waals surface area contributed by atoms with Gasteiger partial charge in [-0.2, -0.15) is 0 Å². The molecule has 1 N–H and O–H groups in total. The van der Waals surface area contributed by atoms with Gasteiger partial charge in [0.05, 0.1) is 19.2 Å². The van der Waals surface area contributed by atoms with Gasteiger partial charge in [0.25, 0.3) is 0 Å². The van der Waals surface area contributed by atoms with Crippen LogP contribution in [0.5, 0.6) is 5.75 Å². The number of hydrogen-bond donors (Lipinski definition) is 1. The highest BCUT2D eigenvalue weighted by atomic mass is 16.5. The van der Waals surface area contributed by atoms with Crippen molar-refractivity contribution in [2.75, 3.05) is 40.8 Å². The van der Waals surface area contributed by atoms with Crippen LogP contribution in [0, 0.1) is 5.92 Å². The molecule has 1 aromatic rings. The maximum Gasteiger partial charge on any atom is 0.237 e. The van der Waals surface area contributed by atoms with E-state index in [0.717, 1.165) is 36.9 Å². The van der Waals surface area contributed by atoms with Crippen molar-refractivity contribution in [1.29, 1.82) is 0 Å². The number of carbonyl (C=O) groups is 1. The molecule has 0 spiro atoms. The van der Waals surface area contributed by atoms with Gasteiger partial charge in [-0.25, -0.2) is 0 Å². The molecular formula is C21H35N3O2. The van der Waals surface area contributed by atoms with Gasteiger partial charge in [0.15, 0.2) is 0 Å². The van der Waals surface area contributed by atoms with Crippen molar-refractivity contribution in [3.63, 3.8) is 0 Å². The Balaban J connectivity index is 1.84. The Kier molecular flexibility index (Phi) is 7.91. The molecule has 5 nitrogen and oxygen atoms in total. The minimum atomic E-state index is -0.0954. The Morgan fingerprint density at radius 3 is 2.54 bits per heavy atom. The first-order valence-electron chi connectivity index (χ1n) is 9.74. The van der Waals surface area contributed by atoms with Crippen LogP contribution in [0.2, 0.25) is 0 Å². The van der Waals surface area contributed by atoms with Crippen molar-refractivity contribution in [2.45, 2.75) is 45.2 Å². The lowest BCUT2D eigenvalue weighted by Gasteiger charge is -2.36. The number of nitrogens with zero attached hydrogens (tertiary/aromatic N) is 2. The zero-order valence-electron chi connectivity index (χ0n) is 17.0. The van der Waals surface area contributed by atoms with Crippen LogP contribution in [0.25, 0.3) is 0 Å². The molecular weight excluding hydrogens is 326 g/mol. The smallest absolute Gasteiger partial charge is 0.237 e. The Hall–Kier alpha value is -1.59. The molecule has 1 fully saturated rings. The zero-order chi connectivity index (χ0) is 19.1. The van der Waals surface area contributed by atoms with Crippen LogP contribution in [-0.2, 0) is 4.79 Å². The third-order valence-electron chi connectivity index (χ3n) is 5.53. The number of rotatable bonds is 8. The minimum absolute atomic E-state index is 0.0706. The average Bonchev–Trinajstić information content (AvgIpc) is 2.65. The van der Waals surface area contributed by atoms with Gasteiger partial charge in [-0.1, -0.05) is 18.2 Å². The fourth-order valence-electron chi connectivity index (χ4n) is 3.67. The minimum Gasteiger partial charge on any atom is -0.496 e. The fourth-order valence-corrected chi connectivity index (χ4v) is 3.67. The van der Waals surface area contributed by atoms with E-state index < -0.39 is 0 Å². The first-order chi connectivity index (χ1) is 12.4. The number of benzene rings is 1. The number of likely N-dealkylation sites (tertiary alicyclic amines) is 1. The number of para-hydroxylation sites is 1. The molecule has 1 heterocycles. The molecule has 2 unspecified atom stereocenters. The maximum atomic E-state index is 12.7. The van der Waals surface area contributed by atoms with E-state index in [9.17, 15) is 4.79 Å². The number of amides is 1. The largest absolute Gasteiger partial charge is 0.496 e. The molecule has 5 heteroatoms. The molecule has 0 radical (unpaired) electrons. The van der Waals surface area contributed by atoms with E-state index in [2.05, 4.69) is 29.2 Å². The Morgan fingerprint density at radius 1 is 1.27 bits per heavy atom. The van der Waals surface area contributed by atoms with Crippen LogP contribution in [0.4, 0.5) is 0 Å². The summed E-state index contributed by atoms with van der Waals surface area (Å²) < 4.78 is 5.41. The quantitative estimate of drug-likeness (QED) is 0.773. The van der Waals surface area contributed by atoms with Crippen molar-refractivity contribution in [1.82, 2.24) is 15.1 Å². The summed E-state index contributed by atoms with van der Waals surface area (Å²) in [6.45, 7) is 7.20. The summed E-state index contributed by atoms with van der Waals surface area (Å²) in [4.78, 5) is 17.3. The van der Waals surface area contributed by atoms with E-state index in [-0.39, 0.29) is 18.0 Å². The number of carbonyl (C=O) groups excluding carboxylic acids is 1. The summed E-state index contributed by atoms with van der Waals surface area (Å²) in [7, 11) is 5.92. The van der Waals surface area contributed by atoms with Gasteiger partial charge in [-0.05, 0) is 78.8 Å². The van der Waals surface area contributed by atoms with Crippen molar-refractivity contribution in [2.24, 2.45) is 5.92 Å². The SMILES string of the molecule is COc1ccccc1C(C)NC(=O)C(C)N1CCC(CCN(C)C)CC1. The summed E-state index contributed by atoms with van der Waals surface area (Å²) in [6.07, 6.45) is 3.63. The second kappa shape index (κ2) is 9.93. The van der Waals surface area contributed by atoms with Gasteiger partial charge in [0, 0.05) is 5.56 Å². The van der Waals surface area contributed by atoms with Crippen LogP contribution in [0.3, 0.4) is 0 Å². The number of nitrogens with one attached hydrogen (secondary N) is 1. The Morgan fingerprint density at radius 2 is 1.92 bits per heavy atom. The highest BCUT2D eigenvalue weighted by Crippen LogP contribution is 2.25. The van der Waals surface area contributed by atoms with Gasteiger partial charge >= 0.3 is 0 Å². The standard InChI is InChI=1S/C21H35N3O2/c1-16(19-8-6-7-9-20(19)26-5)22-21(25)17(2)24-14-11-18(12-15-24)10-13-23(3)4/h6-9,16-18H,10-15H2,1-5H3,(H,22,25). The second-order valence-electron chi connectivity index (χ2n) is 7.72. The van der Waals surface area contributed by atoms with Crippen molar-refractivity contribution in [3.05, 3.63) is 29.8 Å². The molecule has 0 aliphatic carbocycles. The van der Waals surface area contributed by atoms with Crippen molar-refractivity contribution < 1.29 is 9.53 Å². The molecule has 1 amide bonds. The highest BCUT2D eigenvalue weighted by Gasteiger charge is 2.27. The number of ether oxygens (including phenoxy) is 1. The predicted octanol–water partition coefficient (Wildman–Crippen LogP) is 2.92. The number of methoxy groups -OCH3 is 1. The number of piperidine rings is 1. The maximum absolute atomic E-state index is 12.7. The van der Waals surface area contributed by atoms with Crippen LogP contribution in [0.15, 0.2) is 24.3 Å². The zero-order valence-corrected chi connectivity index (χ0v) is 17.0. The molecule has 2 rings (SSSR count). The van der Waals surface area contributed by atoms with E-state index >= 15 is 0 Å². The molecule has 2 atom stereocenters. The summed E-state index contributed by atoms with van der Waals surface area (Å²) in [5.41, 5.74) is 1.01. The summed E-state index contributed by atoms with van der Waals surface area (Å²) >= 11 is 0. The van der Waals surface area contributed by atoms with Crippen LogP contribution in [-0.4, -0.2) is 62.6 Å². The second-order valence-corrected chi connectivity index (χ2v) is 7.72. The predicted molar refractivity (Wildman–Crippen MR) is 106 cm³/mol. The molecule has 1 saturated heterocycles. The normalized spacial score (nSPS) is 18.5. The Bertz CT molecular complexity index is 568. The molecule has 1 aromatic carbocycles. The molecule has 0 saturated carbocycles. The van der Waals surface area contributed by atoms with Crippen LogP contribution in [0.1, 0.15) is 44.7 Å². The third kappa shape index (κ3) is 5.71. The van der Waals surface area contributed by atoms with E-state index in [1.165, 1.54) is 19.3 Å². The lowest BCUT2D eigenvalue weighted by Crippen LogP contribution is -2.48. The lowest BCUT2D eigenvalue weighted by molar-refractivity contribution is -0.127. The van der Waals surface area contributed by atoms with Gasteiger partial charge in [0.1, 0.15) is 5.75 Å². The number of hydrogen-bond acceptors (Lipinski definition) is 4. The van der Waals surface area contributed by atoms with Crippen LogP contribution < -0.4 is 10.1 Å². The summed E-state index contributed by atoms with van der Waals surface area (Å²) in [5.74, 6) is 1.70. The first-order valence-corrected chi connectivity index (χ1v) is 9.74. The van der Waals surface area contributed by atoms with Gasteiger partial charge in [0.2, 0.25) is 5.91 Å². The van der Waals surface area contributed by atoms with Gasteiger partial charge < -0.3 is 15.0 Å². The molecule has 0 aromatic heterocycles. The lowest BCUT2D eigenvalue weighted by atomic mass is 9.92. The van der Waals surface area contributed by atoms with Gasteiger partial charge in [-0.3, -0.25) is 9.69 Å². The molecule has 0 bridgehead atoms. The highest BCUT2D eigenvalue weighted by molar-refractivity contribution is 5.81. The molecule has 1 aliphatic rings.